The molecule has 0 aromatic carbocycles. The lowest BCUT2D eigenvalue weighted by atomic mass is 9.54. The second-order valence-corrected chi connectivity index (χ2v) is 7.21. The monoisotopic (exact) mass is 280 g/mol. The molecule has 4 bridgehead atoms. The lowest BCUT2D eigenvalue weighted by molar-refractivity contribution is -0.126. The van der Waals surface area contributed by atoms with Crippen LogP contribution in [0.1, 0.15) is 44.9 Å². The van der Waals surface area contributed by atoms with E-state index in [-0.39, 0.29) is 11.9 Å². The minimum atomic E-state index is -0.373. The van der Waals surface area contributed by atoms with Crippen molar-refractivity contribution >= 4 is 5.91 Å². The number of carbonyl (C=O) groups excluding carboxylic acids is 1. The molecule has 4 saturated carbocycles. The average molecular weight is 280 g/mol. The highest BCUT2D eigenvalue weighted by Gasteiger charge is 2.48. The normalized spacial score (nSPS) is 39.8. The van der Waals surface area contributed by atoms with E-state index in [2.05, 4.69) is 5.32 Å². The Morgan fingerprint density at radius 2 is 1.80 bits per heavy atom. The number of methoxy groups -OCH3 is 1. The van der Waals surface area contributed by atoms with Gasteiger partial charge in [0, 0.05) is 19.8 Å². The topological polar surface area (TPSA) is 64.3 Å². The molecule has 4 aliphatic carbocycles. The zero-order chi connectivity index (χ0) is 14.1. The quantitative estimate of drug-likeness (QED) is 0.728. The molecule has 1 amide bonds. The van der Waals surface area contributed by atoms with Crippen LogP contribution < -0.4 is 11.1 Å². The van der Waals surface area contributed by atoms with Crippen molar-refractivity contribution in [3.63, 3.8) is 0 Å². The Kier molecular flexibility index (Phi) is 4.32. The molecule has 0 heterocycles. The van der Waals surface area contributed by atoms with Crippen LogP contribution in [0.15, 0.2) is 0 Å². The summed E-state index contributed by atoms with van der Waals surface area (Å²) >= 11 is 0. The van der Waals surface area contributed by atoms with E-state index in [9.17, 15) is 4.79 Å². The van der Waals surface area contributed by atoms with E-state index < -0.39 is 0 Å². The lowest BCUT2D eigenvalue weighted by Crippen LogP contribution is -2.58. The van der Waals surface area contributed by atoms with Crippen molar-refractivity contribution in [3.05, 3.63) is 0 Å². The van der Waals surface area contributed by atoms with Crippen LogP contribution >= 0.6 is 0 Å². The molecule has 4 heteroatoms. The molecule has 1 atom stereocenters. The maximum absolute atomic E-state index is 12.3. The van der Waals surface area contributed by atoms with Crippen molar-refractivity contribution in [2.24, 2.45) is 29.4 Å². The first-order valence-corrected chi connectivity index (χ1v) is 8.22. The standard InChI is InChI=1S/C16H28N2O2/c1-20-4-2-3-14(17)16(19)18-15-12-6-10-5-11(8-12)9-13(15)7-10/h10-15H,2-9,17H2,1H3,(H,18,19). The first-order valence-electron chi connectivity index (χ1n) is 8.22. The second kappa shape index (κ2) is 6.02. The summed E-state index contributed by atoms with van der Waals surface area (Å²) < 4.78 is 5.01. The Labute approximate surface area is 121 Å². The van der Waals surface area contributed by atoms with Gasteiger partial charge in [-0.25, -0.2) is 0 Å². The molecule has 0 radical (unpaired) electrons. The fourth-order valence-corrected chi connectivity index (χ4v) is 5.01. The highest BCUT2D eigenvalue weighted by molar-refractivity contribution is 5.81. The Balaban J connectivity index is 1.51. The summed E-state index contributed by atoms with van der Waals surface area (Å²) in [5.74, 6) is 3.39. The fraction of sp³-hybridized carbons (Fsp3) is 0.938. The molecule has 3 N–H and O–H groups in total. The van der Waals surface area contributed by atoms with Crippen LogP contribution in [0.2, 0.25) is 0 Å². The van der Waals surface area contributed by atoms with Crippen LogP contribution in [0, 0.1) is 23.7 Å². The van der Waals surface area contributed by atoms with E-state index in [0.717, 1.165) is 30.1 Å². The van der Waals surface area contributed by atoms with Gasteiger partial charge < -0.3 is 15.8 Å². The lowest BCUT2D eigenvalue weighted by Gasteiger charge is -2.54. The van der Waals surface area contributed by atoms with Gasteiger partial charge in [-0.3, -0.25) is 4.79 Å². The first kappa shape index (κ1) is 14.3. The predicted molar refractivity (Wildman–Crippen MR) is 78.1 cm³/mol. The number of carbonyl (C=O) groups is 1. The SMILES string of the molecule is COCCCC(N)C(=O)NC1C2CC3CC(C2)CC1C3. The zero-order valence-electron chi connectivity index (χ0n) is 12.5. The van der Waals surface area contributed by atoms with Gasteiger partial charge in [-0.1, -0.05) is 0 Å². The molecule has 4 nitrogen and oxygen atoms in total. The summed E-state index contributed by atoms with van der Waals surface area (Å²) in [5, 5.41) is 3.28. The number of rotatable bonds is 6. The molecule has 20 heavy (non-hydrogen) atoms. The average Bonchev–Trinajstić information content (AvgIpc) is 2.42. The van der Waals surface area contributed by atoms with E-state index in [1.54, 1.807) is 7.11 Å². The van der Waals surface area contributed by atoms with E-state index in [1.165, 1.54) is 32.1 Å². The van der Waals surface area contributed by atoms with Gasteiger partial charge in [0.05, 0.1) is 6.04 Å². The van der Waals surface area contributed by atoms with Gasteiger partial charge in [0.2, 0.25) is 5.91 Å². The molecule has 0 aliphatic heterocycles. The maximum Gasteiger partial charge on any atom is 0.237 e. The van der Waals surface area contributed by atoms with E-state index in [4.69, 9.17) is 10.5 Å². The Hall–Kier alpha value is -0.610. The van der Waals surface area contributed by atoms with Crippen LogP contribution in [0.5, 0.6) is 0 Å². The number of hydrogen-bond donors (Lipinski definition) is 2. The summed E-state index contributed by atoms with van der Waals surface area (Å²) in [6.45, 7) is 0.680. The van der Waals surface area contributed by atoms with Crippen LogP contribution in [0.25, 0.3) is 0 Å². The van der Waals surface area contributed by atoms with E-state index in [0.29, 0.717) is 19.1 Å². The van der Waals surface area contributed by atoms with E-state index >= 15 is 0 Å². The Morgan fingerprint density at radius 1 is 1.20 bits per heavy atom. The van der Waals surface area contributed by atoms with Gasteiger partial charge in [-0.05, 0) is 68.6 Å². The molecule has 1 unspecified atom stereocenters. The third-order valence-corrected chi connectivity index (χ3v) is 5.74. The van der Waals surface area contributed by atoms with Crippen LogP contribution in [0.4, 0.5) is 0 Å². The van der Waals surface area contributed by atoms with Gasteiger partial charge in [-0.15, -0.1) is 0 Å². The number of nitrogens with two attached hydrogens (primary N) is 1. The zero-order valence-corrected chi connectivity index (χ0v) is 12.5. The van der Waals surface area contributed by atoms with Crippen LogP contribution in [-0.4, -0.2) is 31.7 Å². The van der Waals surface area contributed by atoms with Crippen molar-refractivity contribution in [3.8, 4) is 0 Å². The van der Waals surface area contributed by atoms with Gasteiger partial charge in [0.1, 0.15) is 0 Å². The predicted octanol–water partition coefficient (Wildman–Crippen LogP) is 1.68. The highest BCUT2D eigenvalue weighted by Crippen LogP contribution is 2.53. The molecule has 0 aromatic heterocycles. The summed E-state index contributed by atoms with van der Waals surface area (Å²) in [5.41, 5.74) is 5.99. The smallest absolute Gasteiger partial charge is 0.237 e. The maximum atomic E-state index is 12.3. The number of ether oxygens (including phenoxy) is 1. The van der Waals surface area contributed by atoms with Gasteiger partial charge >= 0.3 is 0 Å². The summed E-state index contributed by atoms with van der Waals surface area (Å²) in [4.78, 5) is 12.3. The molecular weight excluding hydrogens is 252 g/mol. The summed E-state index contributed by atoms with van der Waals surface area (Å²) in [6, 6.07) is 0.0334. The number of amides is 1. The summed E-state index contributed by atoms with van der Waals surface area (Å²) in [7, 11) is 1.68. The minimum Gasteiger partial charge on any atom is -0.385 e. The molecule has 0 saturated heterocycles. The third-order valence-electron chi connectivity index (χ3n) is 5.74. The summed E-state index contributed by atoms with van der Waals surface area (Å²) in [6.07, 6.45) is 8.34. The number of hydrogen-bond acceptors (Lipinski definition) is 3. The molecule has 4 aliphatic rings. The largest absolute Gasteiger partial charge is 0.385 e. The molecule has 0 aromatic rings. The Morgan fingerprint density at radius 3 is 2.35 bits per heavy atom. The molecule has 4 rings (SSSR count). The number of nitrogens with one attached hydrogen (secondary N) is 1. The molecular formula is C16H28N2O2. The van der Waals surface area contributed by atoms with Gasteiger partial charge in [-0.2, -0.15) is 0 Å². The van der Waals surface area contributed by atoms with E-state index in [1.807, 2.05) is 0 Å². The van der Waals surface area contributed by atoms with Crippen molar-refractivity contribution in [1.29, 1.82) is 0 Å². The van der Waals surface area contributed by atoms with Crippen LogP contribution in [0.3, 0.4) is 0 Å². The fourth-order valence-electron chi connectivity index (χ4n) is 5.01. The molecule has 114 valence electrons. The molecule has 4 fully saturated rings. The van der Waals surface area contributed by atoms with Crippen molar-refractivity contribution in [1.82, 2.24) is 5.32 Å². The molecule has 0 spiro atoms. The van der Waals surface area contributed by atoms with Gasteiger partial charge in [0.15, 0.2) is 0 Å². The van der Waals surface area contributed by atoms with Gasteiger partial charge in [0.25, 0.3) is 0 Å². The third kappa shape index (κ3) is 2.86. The van der Waals surface area contributed by atoms with Crippen molar-refractivity contribution in [2.45, 2.75) is 57.0 Å². The van der Waals surface area contributed by atoms with Crippen LogP contribution in [-0.2, 0) is 9.53 Å². The van der Waals surface area contributed by atoms with Crippen molar-refractivity contribution < 1.29 is 9.53 Å². The van der Waals surface area contributed by atoms with Crippen molar-refractivity contribution in [2.75, 3.05) is 13.7 Å². The first-order chi connectivity index (χ1) is 9.67. The highest BCUT2D eigenvalue weighted by atomic mass is 16.5. The minimum absolute atomic E-state index is 0.0542. The second-order valence-electron chi connectivity index (χ2n) is 7.21. The Bertz CT molecular complexity index is 330.